The monoisotopic (exact) mass is 268 g/mol. The van der Waals surface area contributed by atoms with Crippen molar-refractivity contribution >= 4 is 28.3 Å². The predicted octanol–water partition coefficient (Wildman–Crippen LogP) is 2.38. The van der Waals surface area contributed by atoms with Gasteiger partial charge in [-0.2, -0.15) is 0 Å². The second kappa shape index (κ2) is 5.71. The van der Waals surface area contributed by atoms with Gasteiger partial charge in [0.2, 0.25) is 0 Å². The molecule has 0 unspecified atom stereocenters. The lowest BCUT2D eigenvalue weighted by Gasteiger charge is -2.34. The fourth-order valence-corrected chi connectivity index (χ4v) is 2.79. The number of hydrogen-bond donors (Lipinski definition) is 0. The molecule has 2 rings (SSSR count). The standard InChI is InChI=1S/C12H16N2OS2/c1-13-8-14(9-17-12(13)16)7-10-5-3-4-6-11(10)15-2/h3-6H,7-9H2,1-2H3. The van der Waals surface area contributed by atoms with Crippen molar-refractivity contribution in [3.8, 4) is 5.75 Å². The quantitative estimate of drug-likeness (QED) is 0.780. The summed E-state index contributed by atoms with van der Waals surface area (Å²) in [6.07, 6.45) is 0. The summed E-state index contributed by atoms with van der Waals surface area (Å²) >= 11 is 6.94. The van der Waals surface area contributed by atoms with Gasteiger partial charge in [0.25, 0.3) is 0 Å². The minimum Gasteiger partial charge on any atom is -0.496 e. The van der Waals surface area contributed by atoms with Crippen molar-refractivity contribution in [3.63, 3.8) is 0 Å². The van der Waals surface area contributed by atoms with Gasteiger partial charge in [0.15, 0.2) is 0 Å². The van der Waals surface area contributed by atoms with E-state index >= 15 is 0 Å². The molecule has 17 heavy (non-hydrogen) atoms. The van der Waals surface area contributed by atoms with Gasteiger partial charge in [-0.1, -0.05) is 42.2 Å². The highest BCUT2D eigenvalue weighted by atomic mass is 32.2. The SMILES string of the molecule is COc1ccccc1CN1CSC(=S)N(C)C1. The van der Waals surface area contributed by atoms with Gasteiger partial charge >= 0.3 is 0 Å². The zero-order valence-electron chi connectivity index (χ0n) is 10.0. The van der Waals surface area contributed by atoms with Gasteiger partial charge in [0, 0.05) is 19.2 Å². The Balaban J connectivity index is 2.03. The van der Waals surface area contributed by atoms with E-state index in [2.05, 4.69) is 15.9 Å². The van der Waals surface area contributed by atoms with Crippen LogP contribution in [0.15, 0.2) is 24.3 Å². The topological polar surface area (TPSA) is 15.7 Å². The van der Waals surface area contributed by atoms with E-state index in [1.54, 1.807) is 18.9 Å². The smallest absolute Gasteiger partial charge is 0.138 e. The van der Waals surface area contributed by atoms with Crippen LogP contribution in [-0.4, -0.2) is 40.8 Å². The predicted molar refractivity (Wildman–Crippen MR) is 76.2 cm³/mol. The molecule has 0 aromatic heterocycles. The van der Waals surface area contributed by atoms with Gasteiger partial charge in [-0.3, -0.25) is 4.90 Å². The molecule has 0 N–H and O–H groups in total. The van der Waals surface area contributed by atoms with E-state index in [1.807, 2.05) is 25.2 Å². The molecule has 0 aliphatic carbocycles. The van der Waals surface area contributed by atoms with E-state index in [0.29, 0.717) is 0 Å². The fourth-order valence-electron chi connectivity index (χ4n) is 1.83. The zero-order valence-corrected chi connectivity index (χ0v) is 11.7. The first-order chi connectivity index (χ1) is 8.20. The Bertz CT molecular complexity index is 411. The first-order valence-electron chi connectivity index (χ1n) is 5.43. The van der Waals surface area contributed by atoms with Gasteiger partial charge in [0.05, 0.1) is 19.7 Å². The molecule has 1 heterocycles. The Morgan fingerprint density at radius 2 is 2.18 bits per heavy atom. The molecule has 1 aromatic rings. The zero-order chi connectivity index (χ0) is 12.3. The number of thioether (sulfide) groups is 1. The fraction of sp³-hybridized carbons (Fsp3) is 0.417. The molecule has 3 nitrogen and oxygen atoms in total. The molecule has 0 saturated carbocycles. The number of benzene rings is 1. The molecular weight excluding hydrogens is 252 g/mol. The van der Waals surface area contributed by atoms with Gasteiger partial charge in [-0.15, -0.1) is 0 Å². The maximum Gasteiger partial charge on any atom is 0.138 e. The molecule has 1 aromatic carbocycles. The molecule has 0 amide bonds. The minimum absolute atomic E-state index is 0.879. The average molecular weight is 268 g/mol. The van der Waals surface area contributed by atoms with Crippen LogP contribution in [0.25, 0.3) is 0 Å². The highest BCUT2D eigenvalue weighted by Crippen LogP contribution is 2.23. The Morgan fingerprint density at radius 3 is 2.88 bits per heavy atom. The molecule has 1 fully saturated rings. The van der Waals surface area contributed by atoms with Crippen molar-refractivity contribution in [2.45, 2.75) is 6.54 Å². The van der Waals surface area contributed by atoms with Crippen LogP contribution in [0.1, 0.15) is 5.56 Å². The van der Waals surface area contributed by atoms with Crippen LogP contribution in [0.5, 0.6) is 5.75 Å². The normalized spacial score (nSPS) is 17.3. The first kappa shape index (κ1) is 12.7. The summed E-state index contributed by atoms with van der Waals surface area (Å²) in [5.41, 5.74) is 1.22. The van der Waals surface area contributed by atoms with E-state index in [-0.39, 0.29) is 0 Å². The third-order valence-electron chi connectivity index (χ3n) is 2.68. The summed E-state index contributed by atoms with van der Waals surface area (Å²) in [6.45, 7) is 1.77. The van der Waals surface area contributed by atoms with Crippen molar-refractivity contribution in [2.24, 2.45) is 0 Å². The summed E-state index contributed by atoms with van der Waals surface area (Å²) in [6, 6.07) is 8.15. The molecule has 0 atom stereocenters. The van der Waals surface area contributed by atoms with E-state index in [1.165, 1.54) is 5.56 Å². The summed E-state index contributed by atoms with van der Waals surface area (Å²) in [5.74, 6) is 1.90. The number of nitrogens with zero attached hydrogens (tertiary/aromatic N) is 2. The van der Waals surface area contributed by atoms with Crippen LogP contribution in [0.2, 0.25) is 0 Å². The molecule has 1 saturated heterocycles. The molecule has 92 valence electrons. The van der Waals surface area contributed by atoms with Crippen molar-refractivity contribution in [1.29, 1.82) is 0 Å². The lowest BCUT2D eigenvalue weighted by molar-refractivity contribution is 0.223. The largest absolute Gasteiger partial charge is 0.496 e. The van der Waals surface area contributed by atoms with Crippen molar-refractivity contribution < 1.29 is 4.74 Å². The van der Waals surface area contributed by atoms with Gasteiger partial charge in [-0.05, 0) is 6.07 Å². The van der Waals surface area contributed by atoms with Crippen LogP contribution in [0.3, 0.4) is 0 Å². The Kier molecular flexibility index (Phi) is 4.25. The number of thiocarbonyl (C=S) groups is 1. The van der Waals surface area contributed by atoms with Gasteiger partial charge in [-0.25, -0.2) is 0 Å². The van der Waals surface area contributed by atoms with Crippen LogP contribution in [-0.2, 0) is 6.54 Å². The lowest BCUT2D eigenvalue weighted by Crippen LogP contribution is -2.42. The van der Waals surface area contributed by atoms with E-state index in [4.69, 9.17) is 17.0 Å². The number of methoxy groups -OCH3 is 1. The summed E-state index contributed by atoms with van der Waals surface area (Å²) in [7, 11) is 3.74. The van der Waals surface area contributed by atoms with E-state index in [0.717, 1.165) is 29.2 Å². The summed E-state index contributed by atoms with van der Waals surface area (Å²) in [4.78, 5) is 4.44. The molecule has 0 bridgehead atoms. The van der Waals surface area contributed by atoms with Crippen molar-refractivity contribution in [2.75, 3.05) is 26.7 Å². The number of hydrogen-bond acceptors (Lipinski definition) is 4. The van der Waals surface area contributed by atoms with Crippen LogP contribution >= 0.6 is 24.0 Å². The lowest BCUT2D eigenvalue weighted by atomic mass is 10.2. The molecule has 1 aliphatic rings. The van der Waals surface area contributed by atoms with Crippen molar-refractivity contribution in [3.05, 3.63) is 29.8 Å². The Morgan fingerprint density at radius 1 is 1.41 bits per heavy atom. The average Bonchev–Trinajstić information content (AvgIpc) is 2.34. The van der Waals surface area contributed by atoms with Crippen LogP contribution in [0.4, 0.5) is 0 Å². The second-order valence-corrected chi connectivity index (χ2v) is 5.60. The summed E-state index contributed by atoms with van der Waals surface area (Å²) < 4.78 is 6.34. The van der Waals surface area contributed by atoms with Gasteiger partial charge in [0.1, 0.15) is 10.1 Å². The molecule has 5 heteroatoms. The third kappa shape index (κ3) is 3.12. The third-order valence-corrected chi connectivity index (χ3v) is 4.40. The number of ether oxygens (including phenoxy) is 1. The molecule has 0 radical (unpaired) electrons. The number of para-hydroxylation sites is 1. The Hall–Kier alpha value is -0.780. The Labute approximate surface area is 112 Å². The second-order valence-electron chi connectivity index (χ2n) is 4.02. The highest BCUT2D eigenvalue weighted by Gasteiger charge is 2.19. The highest BCUT2D eigenvalue weighted by molar-refractivity contribution is 8.22. The minimum atomic E-state index is 0.879. The van der Waals surface area contributed by atoms with E-state index in [9.17, 15) is 0 Å². The summed E-state index contributed by atoms with van der Waals surface area (Å²) in [5, 5.41) is 0. The first-order valence-corrected chi connectivity index (χ1v) is 6.82. The number of rotatable bonds is 3. The van der Waals surface area contributed by atoms with E-state index < -0.39 is 0 Å². The maximum atomic E-state index is 5.36. The van der Waals surface area contributed by atoms with Crippen molar-refractivity contribution in [1.82, 2.24) is 9.80 Å². The van der Waals surface area contributed by atoms with Crippen LogP contribution in [0, 0.1) is 0 Å². The molecule has 1 aliphatic heterocycles. The van der Waals surface area contributed by atoms with Gasteiger partial charge < -0.3 is 9.64 Å². The maximum absolute atomic E-state index is 5.36. The molecule has 0 spiro atoms. The van der Waals surface area contributed by atoms with Crippen LogP contribution < -0.4 is 4.74 Å². The molecular formula is C12H16N2OS2.